The van der Waals surface area contributed by atoms with Gasteiger partial charge in [0, 0.05) is 10.9 Å². The lowest BCUT2D eigenvalue weighted by Gasteiger charge is -2.23. The fourth-order valence-electron chi connectivity index (χ4n) is 6.83. The van der Waals surface area contributed by atoms with Gasteiger partial charge in [-0.25, -0.2) is 0 Å². The van der Waals surface area contributed by atoms with Gasteiger partial charge in [0.15, 0.2) is 0 Å². The first-order valence-electron chi connectivity index (χ1n) is 14.1. The average Bonchev–Trinajstić information content (AvgIpc) is 3.03. The highest BCUT2D eigenvalue weighted by atomic mass is 16.5. The number of ether oxygens (including phenoxy) is 1. The molecule has 9 rings (SSSR count). The van der Waals surface area contributed by atoms with Crippen molar-refractivity contribution in [3.63, 3.8) is 0 Å². The van der Waals surface area contributed by atoms with Crippen molar-refractivity contribution >= 4 is 43.1 Å². The van der Waals surface area contributed by atoms with Crippen LogP contribution in [0.1, 0.15) is 0 Å². The zero-order valence-electron chi connectivity index (χ0n) is 22.3. The topological polar surface area (TPSA) is 9.23 Å². The van der Waals surface area contributed by atoms with E-state index in [1.807, 2.05) is 6.07 Å². The Hall–Kier alpha value is -5.40. The lowest BCUT2D eigenvalue weighted by molar-refractivity contribution is 0.487. The van der Waals surface area contributed by atoms with Gasteiger partial charge in [-0.05, 0) is 89.8 Å². The molecule has 0 saturated carbocycles. The summed E-state index contributed by atoms with van der Waals surface area (Å²) in [6.45, 7) is 0. The van der Waals surface area contributed by atoms with Crippen LogP contribution in [0.15, 0.2) is 146 Å². The molecule has 8 aromatic carbocycles. The van der Waals surface area contributed by atoms with Crippen molar-refractivity contribution in [2.45, 2.75) is 0 Å². The van der Waals surface area contributed by atoms with E-state index in [2.05, 4.69) is 140 Å². The van der Waals surface area contributed by atoms with Crippen LogP contribution in [-0.4, -0.2) is 0 Å². The van der Waals surface area contributed by atoms with Crippen LogP contribution < -0.4 is 4.74 Å². The van der Waals surface area contributed by atoms with Gasteiger partial charge in [-0.1, -0.05) is 121 Å². The molecule has 1 heterocycles. The van der Waals surface area contributed by atoms with E-state index in [0.717, 1.165) is 17.1 Å². The Balaban J connectivity index is 1.37. The number of para-hydroxylation sites is 1. The SMILES string of the molecule is c1ccc2c(c1)Oc1cc(-c3c4ccccc4c(-c4ccc5ccccc5c4)c4ccccc34)cc3cccc-2c13. The summed E-state index contributed by atoms with van der Waals surface area (Å²) in [4.78, 5) is 0. The van der Waals surface area contributed by atoms with Crippen LogP contribution in [-0.2, 0) is 0 Å². The summed E-state index contributed by atoms with van der Waals surface area (Å²) >= 11 is 0. The van der Waals surface area contributed by atoms with Crippen LogP contribution in [0, 0.1) is 0 Å². The molecule has 1 heteroatoms. The Morgan fingerprint density at radius 3 is 1.66 bits per heavy atom. The molecule has 0 aromatic heterocycles. The van der Waals surface area contributed by atoms with Crippen molar-refractivity contribution in [2.24, 2.45) is 0 Å². The molecule has 0 bridgehead atoms. The third-order valence-electron chi connectivity index (χ3n) is 8.60. The Morgan fingerprint density at radius 2 is 0.902 bits per heavy atom. The van der Waals surface area contributed by atoms with Gasteiger partial charge in [0.1, 0.15) is 11.5 Å². The van der Waals surface area contributed by atoms with Gasteiger partial charge >= 0.3 is 0 Å². The summed E-state index contributed by atoms with van der Waals surface area (Å²) in [5, 5.41) is 9.88. The second-order valence-corrected chi connectivity index (χ2v) is 10.9. The second-order valence-electron chi connectivity index (χ2n) is 10.9. The van der Waals surface area contributed by atoms with E-state index in [0.29, 0.717) is 0 Å². The van der Waals surface area contributed by atoms with E-state index < -0.39 is 0 Å². The smallest absolute Gasteiger partial charge is 0.136 e. The summed E-state index contributed by atoms with van der Waals surface area (Å²) < 4.78 is 6.57. The van der Waals surface area contributed by atoms with Crippen LogP contribution in [0.4, 0.5) is 0 Å². The minimum absolute atomic E-state index is 0.908. The molecule has 0 amide bonds. The van der Waals surface area contributed by atoms with Crippen molar-refractivity contribution in [3.8, 4) is 44.9 Å². The highest BCUT2D eigenvalue weighted by molar-refractivity contribution is 6.22. The molecule has 0 radical (unpaired) electrons. The van der Waals surface area contributed by atoms with Gasteiger partial charge < -0.3 is 4.74 Å². The first-order chi connectivity index (χ1) is 20.3. The molecule has 0 saturated heterocycles. The van der Waals surface area contributed by atoms with Crippen LogP contribution in [0.25, 0.3) is 76.5 Å². The van der Waals surface area contributed by atoms with Crippen molar-refractivity contribution in [1.29, 1.82) is 0 Å². The first-order valence-corrected chi connectivity index (χ1v) is 14.1. The molecular weight excluding hydrogens is 496 g/mol. The summed E-state index contributed by atoms with van der Waals surface area (Å²) in [6, 6.07) is 52.6. The molecule has 8 aromatic rings. The van der Waals surface area contributed by atoms with E-state index in [1.165, 1.54) is 70.9 Å². The van der Waals surface area contributed by atoms with Gasteiger partial charge in [0.2, 0.25) is 0 Å². The fraction of sp³-hybridized carbons (Fsp3) is 0. The van der Waals surface area contributed by atoms with Gasteiger partial charge in [-0.2, -0.15) is 0 Å². The molecule has 41 heavy (non-hydrogen) atoms. The van der Waals surface area contributed by atoms with Crippen LogP contribution in [0.5, 0.6) is 11.5 Å². The van der Waals surface area contributed by atoms with Gasteiger partial charge in [-0.15, -0.1) is 0 Å². The predicted octanol–water partition coefficient (Wildman–Crippen LogP) is 11.4. The third kappa shape index (κ3) is 3.30. The average molecular weight is 521 g/mol. The molecule has 0 aliphatic carbocycles. The van der Waals surface area contributed by atoms with E-state index in [-0.39, 0.29) is 0 Å². The maximum absolute atomic E-state index is 6.57. The second kappa shape index (κ2) is 8.55. The molecule has 0 N–H and O–H groups in total. The van der Waals surface area contributed by atoms with Gasteiger partial charge in [-0.3, -0.25) is 0 Å². The standard InChI is InChI=1S/C40H24O/c1-2-11-26-22-28(21-20-25(26)10-1)38-32-14-3-5-16-34(32)39(35-17-6-4-15-33(35)38)29-23-27-12-9-18-31-30-13-7-8-19-36(30)41-37(24-29)40(27)31/h1-24H. The molecule has 0 fully saturated rings. The highest BCUT2D eigenvalue weighted by Crippen LogP contribution is 2.50. The van der Waals surface area contributed by atoms with Gasteiger partial charge in [0.05, 0.1) is 0 Å². The van der Waals surface area contributed by atoms with Crippen LogP contribution >= 0.6 is 0 Å². The monoisotopic (exact) mass is 520 g/mol. The number of benzene rings is 8. The lowest BCUT2D eigenvalue weighted by atomic mass is 9.84. The van der Waals surface area contributed by atoms with Crippen molar-refractivity contribution in [2.75, 3.05) is 0 Å². The number of rotatable bonds is 2. The summed E-state index contributed by atoms with van der Waals surface area (Å²) in [5.41, 5.74) is 7.30. The minimum atomic E-state index is 0.908. The first kappa shape index (κ1) is 22.4. The summed E-state index contributed by atoms with van der Waals surface area (Å²) in [7, 11) is 0. The van der Waals surface area contributed by atoms with E-state index in [1.54, 1.807) is 0 Å². The van der Waals surface area contributed by atoms with Crippen LogP contribution in [0.3, 0.4) is 0 Å². The zero-order valence-corrected chi connectivity index (χ0v) is 22.3. The van der Waals surface area contributed by atoms with Crippen molar-refractivity contribution in [1.82, 2.24) is 0 Å². The molecule has 190 valence electrons. The Labute approximate surface area is 237 Å². The normalized spacial score (nSPS) is 12.1. The molecule has 0 atom stereocenters. The number of hydrogen-bond acceptors (Lipinski definition) is 1. The van der Waals surface area contributed by atoms with Gasteiger partial charge in [0.25, 0.3) is 0 Å². The predicted molar refractivity (Wildman–Crippen MR) is 173 cm³/mol. The number of fused-ring (bicyclic) bond motifs is 5. The Bertz CT molecular complexity index is 2290. The summed E-state index contributed by atoms with van der Waals surface area (Å²) in [6.07, 6.45) is 0. The van der Waals surface area contributed by atoms with Crippen molar-refractivity contribution in [3.05, 3.63) is 146 Å². The quantitative estimate of drug-likeness (QED) is 0.206. The zero-order chi connectivity index (χ0) is 26.9. The number of hydrogen-bond donors (Lipinski definition) is 0. The molecule has 0 unspecified atom stereocenters. The molecular formula is C40H24O. The maximum atomic E-state index is 6.57. The van der Waals surface area contributed by atoms with Crippen LogP contribution in [0.2, 0.25) is 0 Å². The Kier molecular flexibility index (Phi) is 4.67. The molecule has 1 aliphatic heterocycles. The van der Waals surface area contributed by atoms with E-state index in [4.69, 9.17) is 4.74 Å². The molecule has 1 nitrogen and oxygen atoms in total. The highest BCUT2D eigenvalue weighted by Gasteiger charge is 2.22. The van der Waals surface area contributed by atoms with E-state index in [9.17, 15) is 0 Å². The van der Waals surface area contributed by atoms with Crippen molar-refractivity contribution < 1.29 is 4.74 Å². The third-order valence-corrected chi connectivity index (χ3v) is 8.60. The maximum Gasteiger partial charge on any atom is 0.136 e. The minimum Gasteiger partial charge on any atom is -0.456 e. The lowest BCUT2D eigenvalue weighted by Crippen LogP contribution is -1.98. The summed E-state index contributed by atoms with van der Waals surface area (Å²) in [5.74, 6) is 1.82. The fourth-order valence-corrected chi connectivity index (χ4v) is 6.83. The molecule has 1 aliphatic rings. The largest absolute Gasteiger partial charge is 0.456 e. The Morgan fingerprint density at radius 1 is 0.341 bits per heavy atom. The molecule has 0 spiro atoms. The van der Waals surface area contributed by atoms with E-state index >= 15 is 0 Å².